The van der Waals surface area contributed by atoms with Gasteiger partial charge in [0.2, 0.25) is 0 Å². The lowest BCUT2D eigenvalue weighted by molar-refractivity contribution is 0.0600. The first kappa shape index (κ1) is 13.7. The molecular weight excluding hydrogens is 290 g/mol. The van der Waals surface area contributed by atoms with Gasteiger partial charge < -0.3 is 14.9 Å². The van der Waals surface area contributed by atoms with Crippen molar-refractivity contribution in [3.8, 4) is 5.75 Å². The fourth-order valence-corrected chi connectivity index (χ4v) is 1.65. The summed E-state index contributed by atoms with van der Waals surface area (Å²) in [4.78, 5) is 15.2. The zero-order valence-electron chi connectivity index (χ0n) is 9.18. The molecule has 0 amide bonds. The summed E-state index contributed by atoms with van der Waals surface area (Å²) >= 11 is 3.13. The van der Waals surface area contributed by atoms with Crippen LogP contribution in [-0.2, 0) is 4.74 Å². The van der Waals surface area contributed by atoms with Crippen molar-refractivity contribution in [1.29, 1.82) is 0 Å². The second kappa shape index (κ2) is 6.36. The predicted molar refractivity (Wildman–Crippen MR) is 66.7 cm³/mol. The van der Waals surface area contributed by atoms with Crippen LogP contribution in [0.5, 0.6) is 5.75 Å². The number of carbonyl (C=O) groups excluding carboxylic acids is 1. The molecule has 0 unspecified atom stereocenters. The molecule has 0 aliphatic rings. The van der Waals surface area contributed by atoms with Crippen LogP contribution in [0.25, 0.3) is 0 Å². The van der Waals surface area contributed by atoms with Crippen LogP contribution in [0.1, 0.15) is 15.9 Å². The molecule has 0 saturated heterocycles. The number of esters is 1. The fourth-order valence-electron chi connectivity index (χ4n) is 1.18. The minimum Gasteiger partial charge on any atom is -0.506 e. The number of carbonyl (C=O) groups is 1. The number of aliphatic hydroxyl groups excluding tert-OH is 1. The van der Waals surface area contributed by atoms with Gasteiger partial charge in [-0.25, -0.2) is 4.79 Å². The molecule has 0 aliphatic heterocycles. The Morgan fingerprint density at radius 3 is 2.88 bits per heavy atom. The lowest BCUT2D eigenvalue weighted by Gasteiger charge is -2.05. The molecular formula is C11H12BrNO4. The van der Waals surface area contributed by atoms with Crippen molar-refractivity contribution in [2.75, 3.05) is 20.3 Å². The number of aliphatic hydroxyl groups is 1. The largest absolute Gasteiger partial charge is 0.506 e. The molecule has 92 valence electrons. The van der Waals surface area contributed by atoms with E-state index < -0.39 is 5.97 Å². The first-order valence-corrected chi connectivity index (χ1v) is 5.61. The average molecular weight is 302 g/mol. The summed E-state index contributed by atoms with van der Waals surface area (Å²) in [5, 5.41) is 18.3. The minimum atomic E-state index is -0.498. The van der Waals surface area contributed by atoms with Crippen LogP contribution in [0.15, 0.2) is 21.6 Å². The molecule has 0 spiro atoms. The topological polar surface area (TPSA) is 79.1 Å². The Morgan fingerprint density at radius 2 is 2.29 bits per heavy atom. The SMILES string of the molecule is COC(=O)c1cc(Br)c(O)c(C=NCCO)c1. The Kier molecular flexibility index (Phi) is 5.11. The highest BCUT2D eigenvalue weighted by Gasteiger charge is 2.12. The van der Waals surface area contributed by atoms with Crippen LogP contribution in [-0.4, -0.2) is 42.7 Å². The standard InChI is InChI=1S/C11H12BrNO4/c1-17-11(16)7-4-8(6-13-2-3-14)10(15)9(12)5-7/h4-6,14-15H,2-3H2,1H3. The summed E-state index contributed by atoms with van der Waals surface area (Å²) < 4.78 is 4.97. The summed E-state index contributed by atoms with van der Waals surface area (Å²) in [5.74, 6) is -0.512. The number of ether oxygens (including phenoxy) is 1. The van der Waals surface area contributed by atoms with Crippen LogP contribution >= 0.6 is 15.9 Å². The van der Waals surface area contributed by atoms with Crippen LogP contribution in [0.4, 0.5) is 0 Å². The van der Waals surface area contributed by atoms with E-state index in [1.165, 1.54) is 25.5 Å². The molecule has 0 aliphatic carbocycles. The molecule has 0 atom stereocenters. The molecule has 0 aromatic heterocycles. The molecule has 1 aromatic rings. The normalized spacial score (nSPS) is 10.8. The lowest BCUT2D eigenvalue weighted by Crippen LogP contribution is -2.02. The number of hydrogen-bond acceptors (Lipinski definition) is 5. The molecule has 6 heteroatoms. The number of phenolic OH excluding ortho intramolecular Hbond substituents is 1. The monoisotopic (exact) mass is 301 g/mol. The van der Waals surface area contributed by atoms with E-state index >= 15 is 0 Å². The van der Waals surface area contributed by atoms with Crippen molar-refractivity contribution >= 4 is 28.1 Å². The van der Waals surface area contributed by atoms with Gasteiger partial charge >= 0.3 is 5.97 Å². The van der Waals surface area contributed by atoms with Crippen LogP contribution in [0, 0.1) is 0 Å². The van der Waals surface area contributed by atoms with E-state index in [9.17, 15) is 9.90 Å². The molecule has 0 bridgehead atoms. The molecule has 0 radical (unpaired) electrons. The highest BCUT2D eigenvalue weighted by atomic mass is 79.9. The Hall–Kier alpha value is -1.40. The molecule has 0 heterocycles. The molecule has 0 fully saturated rings. The number of aliphatic imine (C=N–C) groups is 1. The zero-order chi connectivity index (χ0) is 12.8. The van der Waals surface area contributed by atoms with E-state index in [0.717, 1.165) is 0 Å². The molecule has 1 rings (SSSR count). The number of phenols is 1. The average Bonchev–Trinajstić information content (AvgIpc) is 2.33. The first-order chi connectivity index (χ1) is 8.10. The number of hydrogen-bond donors (Lipinski definition) is 2. The van der Waals surface area contributed by atoms with E-state index in [-0.39, 0.29) is 18.9 Å². The number of methoxy groups -OCH3 is 1. The Morgan fingerprint density at radius 1 is 1.59 bits per heavy atom. The van der Waals surface area contributed by atoms with E-state index in [4.69, 9.17) is 5.11 Å². The van der Waals surface area contributed by atoms with E-state index in [0.29, 0.717) is 15.6 Å². The Balaban J connectivity index is 3.11. The van der Waals surface area contributed by atoms with Crippen molar-refractivity contribution in [2.24, 2.45) is 4.99 Å². The lowest BCUT2D eigenvalue weighted by atomic mass is 10.1. The fraction of sp³-hybridized carbons (Fsp3) is 0.273. The number of benzene rings is 1. The highest BCUT2D eigenvalue weighted by Crippen LogP contribution is 2.28. The maximum atomic E-state index is 11.3. The highest BCUT2D eigenvalue weighted by molar-refractivity contribution is 9.10. The van der Waals surface area contributed by atoms with Crippen molar-refractivity contribution in [3.63, 3.8) is 0 Å². The number of halogens is 1. The summed E-state index contributed by atoms with van der Waals surface area (Å²) in [6.45, 7) is 0.161. The third kappa shape index (κ3) is 3.54. The summed E-state index contributed by atoms with van der Waals surface area (Å²) in [5.41, 5.74) is 0.691. The van der Waals surface area contributed by atoms with Gasteiger partial charge in [0.05, 0.1) is 30.3 Å². The molecule has 2 N–H and O–H groups in total. The summed E-state index contributed by atoms with van der Waals surface area (Å²) in [6.07, 6.45) is 1.39. The van der Waals surface area contributed by atoms with Gasteiger partial charge in [-0.05, 0) is 28.1 Å². The van der Waals surface area contributed by atoms with Crippen molar-refractivity contribution in [3.05, 3.63) is 27.7 Å². The molecule has 0 saturated carbocycles. The van der Waals surface area contributed by atoms with E-state index in [1.807, 2.05) is 0 Å². The third-order valence-electron chi connectivity index (χ3n) is 1.97. The smallest absolute Gasteiger partial charge is 0.337 e. The second-order valence-corrected chi connectivity index (χ2v) is 4.00. The van der Waals surface area contributed by atoms with Gasteiger partial charge in [0.15, 0.2) is 0 Å². The van der Waals surface area contributed by atoms with Crippen LogP contribution < -0.4 is 0 Å². The summed E-state index contributed by atoms with van der Waals surface area (Å²) in [7, 11) is 1.28. The second-order valence-electron chi connectivity index (χ2n) is 3.15. The van der Waals surface area contributed by atoms with Gasteiger partial charge in [-0.1, -0.05) is 0 Å². The predicted octanol–water partition coefficient (Wildman–Crippen LogP) is 1.35. The maximum Gasteiger partial charge on any atom is 0.337 e. The summed E-state index contributed by atoms with van der Waals surface area (Å²) in [6, 6.07) is 2.93. The van der Waals surface area contributed by atoms with Crippen molar-refractivity contribution in [2.45, 2.75) is 0 Å². The van der Waals surface area contributed by atoms with E-state index in [2.05, 4.69) is 25.7 Å². The first-order valence-electron chi connectivity index (χ1n) is 4.81. The quantitative estimate of drug-likeness (QED) is 0.650. The number of aromatic hydroxyl groups is 1. The van der Waals surface area contributed by atoms with Gasteiger partial charge in [-0.2, -0.15) is 0 Å². The molecule has 17 heavy (non-hydrogen) atoms. The van der Waals surface area contributed by atoms with Gasteiger partial charge in [-0.15, -0.1) is 0 Å². The number of rotatable bonds is 4. The minimum absolute atomic E-state index is 0.0145. The van der Waals surface area contributed by atoms with Gasteiger partial charge in [-0.3, -0.25) is 4.99 Å². The van der Waals surface area contributed by atoms with Gasteiger partial charge in [0.25, 0.3) is 0 Å². The van der Waals surface area contributed by atoms with Crippen LogP contribution in [0.3, 0.4) is 0 Å². The van der Waals surface area contributed by atoms with Gasteiger partial charge in [0.1, 0.15) is 5.75 Å². The zero-order valence-corrected chi connectivity index (χ0v) is 10.8. The Bertz CT molecular complexity index is 445. The third-order valence-corrected chi connectivity index (χ3v) is 2.58. The maximum absolute atomic E-state index is 11.3. The Labute approximate surface area is 107 Å². The van der Waals surface area contributed by atoms with Crippen LogP contribution in [0.2, 0.25) is 0 Å². The molecule has 5 nitrogen and oxygen atoms in total. The van der Waals surface area contributed by atoms with Crippen molar-refractivity contribution < 1.29 is 19.7 Å². The number of nitrogens with zero attached hydrogens (tertiary/aromatic N) is 1. The van der Waals surface area contributed by atoms with Gasteiger partial charge in [0, 0.05) is 11.8 Å². The van der Waals surface area contributed by atoms with Crippen molar-refractivity contribution in [1.82, 2.24) is 0 Å². The van der Waals surface area contributed by atoms with E-state index in [1.54, 1.807) is 0 Å². The molecule has 1 aromatic carbocycles.